The molecule has 0 spiro atoms. The van der Waals surface area contributed by atoms with E-state index in [1.54, 1.807) is 0 Å². The predicted octanol–water partition coefficient (Wildman–Crippen LogP) is 22.3. The monoisotopic (exact) mass is 1050 g/mol. The Bertz CT molecular complexity index is 1340. The molecule has 0 aliphatic carbocycles. The average Bonchev–Trinajstić information content (AvgIpc) is 3.41. The molecule has 75 heavy (non-hydrogen) atoms. The van der Waals surface area contributed by atoms with Gasteiger partial charge in [-0.25, -0.2) is 0 Å². The fraction of sp³-hybridized carbons (Fsp3) is 0.812. The summed E-state index contributed by atoms with van der Waals surface area (Å²) in [5.41, 5.74) is 0. The molecule has 0 heterocycles. The number of rotatable bonds is 60. The standard InChI is InChI=1S/C69H124O6/c1-4-7-10-13-16-19-22-24-26-28-30-32-34-36-38-40-42-44-47-50-53-56-59-62-68(71)74-65-66(64-73-67(70)61-58-55-52-49-46-21-18-15-12-9-6-3)75-69(72)63-60-57-54-51-48-45-43-41-39-37-35-33-31-29-27-25-23-20-17-14-11-8-5-2/h7,10,16,19,24,26,29-32,66H,4-6,8-9,11-15,17-18,20-23,25,27-28,33-65H2,1-3H3/b10-7-,19-16-,26-24-,31-29-,32-30-. The molecule has 0 aromatic carbocycles. The van der Waals surface area contributed by atoms with Crippen LogP contribution in [0.1, 0.15) is 342 Å². The molecule has 0 bridgehead atoms. The van der Waals surface area contributed by atoms with E-state index in [-0.39, 0.29) is 31.1 Å². The molecule has 0 radical (unpaired) electrons. The summed E-state index contributed by atoms with van der Waals surface area (Å²) >= 11 is 0. The van der Waals surface area contributed by atoms with E-state index in [9.17, 15) is 14.4 Å². The first-order valence-corrected chi connectivity index (χ1v) is 32.8. The molecule has 0 amide bonds. The minimum Gasteiger partial charge on any atom is -0.462 e. The normalized spacial score (nSPS) is 12.4. The Balaban J connectivity index is 4.25. The maximum atomic E-state index is 12.9. The van der Waals surface area contributed by atoms with Crippen LogP contribution in [0.25, 0.3) is 0 Å². The third-order valence-corrected chi connectivity index (χ3v) is 14.5. The smallest absolute Gasteiger partial charge is 0.306 e. The van der Waals surface area contributed by atoms with Crippen LogP contribution in [-0.4, -0.2) is 37.2 Å². The van der Waals surface area contributed by atoms with Crippen LogP contribution >= 0.6 is 0 Å². The number of ether oxygens (including phenoxy) is 3. The van der Waals surface area contributed by atoms with Gasteiger partial charge < -0.3 is 14.2 Å². The third-order valence-electron chi connectivity index (χ3n) is 14.5. The molecule has 0 aliphatic heterocycles. The number of allylic oxidation sites excluding steroid dienone is 10. The number of carbonyl (C=O) groups is 3. The minimum absolute atomic E-state index is 0.0718. The van der Waals surface area contributed by atoms with Crippen LogP contribution in [0.2, 0.25) is 0 Å². The molecule has 436 valence electrons. The zero-order chi connectivity index (χ0) is 54.3. The second-order valence-electron chi connectivity index (χ2n) is 22.0. The van der Waals surface area contributed by atoms with Crippen molar-refractivity contribution in [2.75, 3.05) is 13.2 Å². The van der Waals surface area contributed by atoms with Crippen molar-refractivity contribution in [3.8, 4) is 0 Å². The Hall–Kier alpha value is -2.89. The van der Waals surface area contributed by atoms with E-state index in [2.05, 4.69) is 81.5 Å². The van der Waals surface area contributed by atoms with Crippen molar-refractivity contribution < 1.29 is 28.6 Å². The van der Waals surface area contributed by atoms with Crippen LogP contribution in [0, 0.1) is 0 Å². The van der Waals surface area contributed by atoms with Gasteiger partial charge in [0.1, 0.15) is 13.2 Å². The molecule has 0 aliphatic rings. The predicted molar refractivity (Wildman–Crippen MR) is 325 cm³/mol. The molecule has 0 saturated carbocycles. The molecule has 0 N–H and O–H groups in total. The van der Waals surface area contributed by atoms with Crippen LogP contribution < -0.4 is 0 Å². The number of hydrogen-bond donors (Lipinski definition) is 0. The summed E-state index contributed by atoms with van der Waals surface area (Å²) in [5.74, 6) is -0.859. The highest BCUT2D eigenvalue weighted by molar-refractivity contribution is 5.71. The number of carbonyl (C=O) groups excluding carboxylic acids is 3. The third kappa shape index (κ3) is 61.8. The van der Waals surface area contributed by atoms with Crippen molar-refractivity contribution in [1.82, 2.24) is 0 Å². The largest absolute Gasteiger partial charge is 0.462 e. The second-order valence-corrected chi connectivity index (χ2v) is 22.0. The molecular formula is C69H124O6. The van der Waals surface area contributed by atoms with Gasteiger partial charge in [-0.3, -0.25) is 14.4 Å². The second kappa shape index (κ2) is 63.6. The van der Waals surface area contributed by atoms with Gasteiger partial charge >= 0.3 is 17.9 Å². The molecule has 1 unspecified atom stereocenters. The average molecular weight is 1050 g/mol. The van der Waals surface area contributed by atoms with Crippen LogP contribution in [-0.2, 0) is 28.6 Å². The zero-order valence-electron chi connectivity index (χ0n) is 50.1. The minimum atomic E-state index is -0.775. The summed E-state index contributed by atoms with van der Waals surface area (Å²) in [5, 5.41) is 0. The summed E-state index contributed by atoms with van der Waals surface area (Å²) in [6, 6.07) is 0. The lowest BCUT2D eigenvalue weighted by molar-refractivity contribution is -0.167. The topological polar surface area (TPSA) is 78.9 Å². The van der Waals surface area contributed by atoms with E-state index in [1.807, 2.05) is 0 Å². The maximum Gasteiger partial charge on any atom is 0.306 e. The maximum absolute atomic E-state index is 12.9. The molecule has 0 aromatic heterocycles. The summed E-state index contributed by atoms with van der Waals surface area (Å²) in [6.45, 7) is 6.56. The van der Waals surface area contributed by atoms with Gasteiger partial charge in [-0.15, -0.1) is 0 Å². The summed E-state index contributed by atoms with van der Waals surface area (Å²) in [6.07, 6.45) is 80.9. The number of unbranched alkanes of at least 4 members (excludes halogenated alkanes) is 39. The lowest BCUT2D eigenvalue weighted by atomic mass is 10.0. The molecule has 0 saturated heterocycles. The van der Waals surface area contributed by atoms with E-state index < -0.39 is 6.10 Å². The first-order valence-electron chi connectivity index (χ1n) is 32.8. The van der Waals surface area contributed by atoms with Crippen molar-refractivity contribution in [2.24, 2.45) is 0 Å². The Kier molecular flexibility index (Phi) is 61.2. The van der Waals surface area contributed by atoms with E-state index in [4.69, 9.17) is 14.2 Å². The van der Waals surface area contributed by atoms with Crippen molar-refractivity contribution in [2.45, 2.75) is 348 Å². The van der Waals surface area contributed by atoms with Gasteiger partial charge in [0.25, 0.3) is 0 Å². The number of esters is 3. The fourth-order valence-corrected chi connectivity index (χ4v) is 9.61. The molecule has 6 heteroatoms. The lowest BCUT2D eigenvalue weighted by Gasteiger charge is -2.18. The Morgan fingerprint density at radius 1 is 0.280 bits per heavy atom. The Morgan fingerprint density at radius 2 is 0.520 bits per heavy atom. The molecule has 1 atom stereocenters. The van der Waals surface area contributed by atoms with E-state index in [0.29, 0.717) is 19.3 Å². The van der Waals surface area contributed by atoms with Gasteiger partial charge in [0.2, 0.25) is 0 Å². The van der Waals surface area contributed by atoms with E-state index >= 15 is 0 Å². The van der Waals surface area contributed by atoms with E-state index in [0.717, 1.165) is 83.5 Å². The van der Waals surface area contributed by atoms with Crippen molar-refractivity contribution >= 4 is 17.9 Å². The first-order chi connectivity index (χ1) is 37.0. The fourth-order valence-electron chi connectivity index (χ4n) is 9.61. The quantitative estimate of drug-likeness (QED) is 0.0261. The molecular weight excluding hydrogens is 925 g/mol. The highest BCUT2D eigenvalue weighted by Crippen LogP contribution is 2.17. The van der Waals surface area contributed by atoms with Crippen molar-refractivity contribution in [3.63, 3.8) is 0 Å². The SMILES string of the molecule is CC/C=C\C/C=C\C/C=C\C/C=C\CCCCCCCCCCCCC(=O)OCC(COC(=O)CCCCCCCCCCCCC)OC(=O)CCCCCCCCCCCCC/C=C\CCCCCCCCCC. The summed E-state index contributed by atoms with van der Waals surface area (Å²) in [4.78, 5) is 38.3. The van der Waals surface area contributed by atoms with E-state index in [1.165, 1.54) is 218 Å². The number of hydrogen-bond acceptors (Lipinski definition) is 6. The van der Waals surface area contributed by atoms with Crippen molar-refractivity contribution in [1.29, 1.82) is 0 Å². The zero-order valence-corrected chi connectivity index (χ0v) is 50.1. The summed E-state index contributed by atoms with van der Waals surface area (Å²) < 4.78 is 16.9. The molecule has 0 aromatic rings. The van der Waals surface area contributed by atoms with Gasteiger partial charge in [0.15, 0.2) is 6.10 Å². The van der Waals surface area contributed by atoms with Crippen LogP contribution in [0.3, 0.4) is 0 Å². The van der Waals surface area contributed by atoms with Gasteiger partial charge in [-0.05, 0) is 83.5 Å². The van der Waals surface area contributed by atoms with Crippen LogP contribution in [0.15, 0.2) is 60.8 Å². The first kappa shape index (κ1) is 72.1. The van der Waals surface area contributed by atoms with Gasteiger partial charge in [-0.1, -0.05) is 300 Å². The van der Waals surface area contributed by atoms with Crippen LogP contribution in [0.4, 0.5) is 0 Å². The highest BCUT2D eigenvalue weighted by atomic mass is 16.6. The Labute approximate surface area is 466 Å². The molecule has 6 nitrogen and oxygen atoms in total. The van der Waals surface area contributed by atoms with Gasteiger partial charge in [0, 0.05) is 19.3 Å². The molecule has 0 rings (SSSR count). The van der Waals surface area contributed by atoms with Gasteiger partial charge in [0.05, 0.1) is 0 Å². The Morgan fingerprint density at radius 3 is 0.827 bits per heavy atom. The van der Waals surface area contributed by atoms with Crippen molar-refractivity contribution in [3.05, 3.63) is 60.8 Å². The highest BCUT2D eigenvalue weighted by Gasteiger charge is 2.19. The van der Waals surface area contributed by atoms with Gasteiger partial charge in [-0.2, -0.15) is 0 Å². The lowest BCUT2D eigenvalue weighted by Crippen LogP contribution is -2.30. The van der Waals surface area contributed by atoms with Crippen LogP contribution in [0.5, 0.6) is 0 Å². The molecule has 0 fully saturated rings. The summed E-state index contributed by atoms with van der Waals surface area (Å²) in [7, 11) is 0.